The van der Waals surface area contributed by atoms with Crippen LogP contribution >= 0.6 is 0 Å². The van der Waals surface area contributed by atoms with Gasteiger partial charge in [0.15, 0.2) is 0 Å². The summed E-state index contributed by atoms with van der Waals surface area (Å²) in [5.74, 6) is 0. The highest BCUT2D eigenvalue weighted by atomic mass is 16.3. The summed E-state index contributed by atoms with van der Waals surface area (Å²) < 4.78 is 0. The maximum atomic E-state index is 12.3. The van der Waals surface area contributed by atoms with Crippen LogP contribution in [-0.2, 0) is 6.42 Å². The lowest BCUT2D eigenvalue weighted by Crippen LogP contribution is -2.37. The first-order valence-electron chi connectivity index (χ1n) is 7.66. The number of hydrogen-bond donors (Lipinski definition) is 3. The average Bonchev–Trinajstić information content (AvgIpc) is 2.83. The Labute approximate surface area is 135 Å². The molecule has 3 N–H and O–H groups in total. The first kappa shape index (κ1) is 15.4. The van der Waals surface area contributed by atoms with E-state index in [0.717, 1.165) is 22.5 Å². The fourth-order valence-electron chi connectivity index (χ4n) is 3.02. The second kappa shape index (κ2) is 6.30. The zero-order valence-electron chi connectivity index (χ0n) is 13.3. The van der Waals surface area contributed by atoms with Crippen LogP contribution in [0.1, 0.15) is 17.2 Å². The van der Waals surface area contributed by atoms with Crippen molar-refractivity contribution in [3.63, 3.8) is 0 Å². The van der Waals surface area contributed by atoms with Crippen molar-refractivity contribution >= 4 is 17.4 Å². The third-order valence-electron chi connectivity index (χ3n) is 4.12. The normalized spacial score (nSPS) is 19.1. The molecule has 0 saturated heterocycles. The molecule has 2 aromatic rings. The van der Waals surface area contributed by atoms with Gasteiger partial charge in [-0.05, 0) is 23.3 Å². The number of anilines is 2. The molecule has 120 valence electrons. The van der Waals surface area contributed by atoms with Crippen LogP contribution in [0.3, 0.4) is 0 Å². The van der Waals surface area contributed by atoms with E-state index in [1.165, 1.54) is 0 Å². The van der Waals surface area contributed by atoms with Crippen molar-refractivity contribution in [2.24, 2.45) is 0 Å². The van der Waals surface area contributed by atoms with Gasteiger partial charge in [-0.2, -0.15) is 0 Å². The van der Waals surface area contributed by atoms with Gasteiger partial charge in [0.25, 0.3) is 0 Å². The van der Waals surface area contributed by atoms with Crippen LogP contribution < -0.4 is 15.5 Å². The van der Waals surface area contributed by atoms with Gasteiger partial charge in [-0.1, -0.05) is 36.4 Å². The van der Waals surface area contributed by atoms with Gasteiger partial charge in [0, 0.05) is 20.5 Å². The second-order valence-corrected chi connectivity index (χ2v) is 5.96. The van der Waals surface area contributed by atoms with E-state index in [9.17, 15) is 9.90 Å². The number of aliphatic hydroxyl groups excluding tert-OH is 1. The Balaban J connectivity index is 1.74. The maximum Gasteiger partial charge on any atom is 0.319 e. The van der Waals surface area contributed by atoms with Crippen molar-refractivity contribution in [1.29, 1.82) is 0 Å². The van der Waals surface area contributed by atoms with E-state index in [-0.39, 0.29) is 12.1 Å². The summed E-state index contributed by atoms with van der Waals surface area (Å²) in [5, 5.41) is 16.0. The van der Waals surface area contributed by atoms with Crippen LogP contribution in [0.4, 0.5) is 16.2 Å². The summed E-state index contributed by atoms with van der Waals surface area (Å²) in [6.07, 6.45) is -0.0303. The Morgan fingerprint density at radius 2 is 1.83 bits per heavy atom. The molecule has 0 heterocycles. The number of benzene rings is 2. The first-order valence-corrected chi connectivity index (χ1v) is 7.66. The Bertz CT molecular complexity index is 715. The lowest BCUT2D eigenvalue weighted by molar-refractivity contribution is 0.144. The Morgan fingerprint density at radius 3 is 2.61 bits per heavy atom. The van der Waals surface area contributed by atoms with Gasteiger partial charge in [-0.3, -0.25) is 0 Å². The van der Waals surface area contributed by atoms with Gasteiger partial charge in [-0.15, -0.1) is 0 Å². The predicted octanol–water partition coefficient (Wildman–Crippen LogP) is 2.53. The third kappa shape index (κ3) is 3.14. The van der Waals surface area contributed by atoms with Crippen LogP contribution in [0, 0.1) is 0 Å². The summed E-state index contributed by atoms with van der Waals surface area (Å²) in [6.45, 7) is 0. The maximum absolute atomic E-state index is 12.3. The molecule has 0 radical (unpaired) electrons. The summed E-state index contributed by atoms with van der Waals surface area (Å²) >= 11 is 0. The molecule has 0 bridgehead atoms. The molecular formula is C18H21N3O2. The molecule has 5 nitrogen and oxygen atoms in total. The minimum atomic E-state index is -0.595. The highest BCUT2D eigenvalue weighted by molar-refractivity contribution is 5.93. The molecule has 0 saturated carbocycles. The van der Waals surface area contributed by atoms with Crippen molar-refractivity contribution in [3.8, 4) is 0 Å². The molecule has 3 rings (SSSR count). The lowest BCUT2D eigenvalue weighted by Gasteiger charge is -2.21. The van der Waals surface area contributed by atoms with E-state index in [4.69, 9.17) is 0 Å². The van der Waals surface area contributed by atoms with E-state index < -0.39 is 6.10 Å². The molecule has 0 spiro atoms. The number of amides is 2. The smallest absolute Gasteiger partial charge is 0.319 e. The molecule has 0 aliphatic heterocycles. The van der Waals surface area contributed by atoms with E-state index >= 15 is 0 Å². The van der Waals surface area contributed by atoms with Crippen LogP contribution in [0.2, 0.25) is 0 Å². The number of carbonyl (C=O) groups is 1. The molecule has 2 atom stereocenters. The van der Waals surface area contributed by atoms with Crippen LogP contribution in [0.5, 0.6) is 0 Å². The van der Waals surface area contributed by atoms with Crippen LogP contribution in [0.15, 0.2) is 48.5 Å². The number of nitrogens with one attached hydrogen (secondary N) is 2. The fourth-order valence-corrected chi connectivity index (χ4v) is 3.02. The number of carbonyl (C=O) groups excluding carboxylic acids is 1. The highest BCUT2D eigenvalue weighted by Crippen LogP contribution is 2.31. The summed E-state index contributed by atoms with van der Waals surface area (Å²) in [4.78, 5) is 14.3. The Hall–Kier alpha value is -2.53. The number of hydrogen-bond acceptors (Lipinski definition) is 3. The monoisotopic (exact) mass is 311 g/mol. The summed E-state index contributed by atoms with van der Waals surface area (Å²) in [7, 11) is 3.85. The second-order valence-electron chi connectivity index (χ2n) is 5.96. The van der Waals surface area contributed by atoms with Gasteiger partial charge < -0.3 is 20.6 Å². The van der Waals surface area contributed by atoms with Gasteiger partial charge in [-0.25, -0.2) is 4.79 Å². The van der Waals surface area contributed by atoms with E-state index in [0.29, 0.717) is 6.42 Å². The molecule has 0 fully saturated rings. The number of urea groups is 1. The van der Waals surface area contributed by atoms with Crippen LogP contribution in [0.25, 0.3) is 0 Å². The van der Waals surface area contributed by atoms with Crippen molar-refractivity contribution in [2.75, 3.05) is 24.3 Å². The van der Waals surface area contributed by atoms with E-state index in [2.05, 4.69) is 10.6 Å². The van der Waals surface area contributed by atoms with Gasteiger partial charge in [0.2, 0.25) is 0 Å². The average molecular weight is 311 g/mol. The number of para-hydroxylation sites is 2. The van der Waals surface area contributed by atoms with Gasteiger partial charge in [0.1, 0.15) is 0 Å². The Morgan fingerprint density at radius 1 is 1.13 bits per heavy atom. The number of rotatable bonds is 3. The fraction of sp³-hybridized carbons (Fsp3) is 0.278. The van der Waals surface area contributed by atoms with Crippen molar-refractivity contribution in [1.82, 2.24) is 5.32 Å². The molecule has 1 aliphatic carbocycles. The highest BCUT2D eigenvalue weighted by Gasteiger charge is 2.31. The quantitative estimate of drug-likeness (QED) is 0.816. The SMILES string of the molecule is CN(C)c1ccccc1NC(=O)N[C@@H]1c2ccccc2C[C@@H]1O. The molecular weight excluding hydrogens is 290 g/mol. The van der Waals surface area contributed by atoms with Crippen molar-refractivity contribution in [2.45, 2.75) is 18.6 Å². The largest absolute Gasteiger partial charge is 0.390 e. The number of aliphatic hydroxyl groups is 1. The van der Waals surface area contributed by atoms with Crippen molar-refractivity contribution < 1.29 is 9.90 Å². The molecule has 23 heavy (non-hydrogen) atoms. The predicted molar refractivity (Wildman–Crippen MR) is 91.8 cm³/mol. The minimum Gasteiger partial charge on any atom is -0.390 e. The zero-order valence-corrected chi connectivity index (χ0v) is 13.3. The first-order chi connectivity index (χ1) is 11.1. The van der Waals surface area contributed by atoms with E-state index in [1.54, 1.807) is 0 Å². The molecule has 1 aliphatic rings. The van der Waals surface area contributed by atoms with Gasteiger partial charge in [0.05, 0.1) is 23.5 Å². The van der Waals surface area contributed by atoms with Gasteiger partial charge >= 0.3 is 6.03 Å². The molecule has 0 unspecified atom stereocenters. The molecule has 0 aromatic heterocycles. The number of nitrogens with zero attached hydrogens (tertiary/aromatic N) is 1. The third-order valence-corrected chi connectivity index (χ3v) is 4.12. The molecule has 2 aromatic carbocycles. The molecule has 5 heteroatoms. The van der Waals surface area contributed by atoms with E-state index in [1.807, 2.05) is 67.5 Å². The standard InChI is InChI=1S/C18H21N3O2/c1-21(2)15-10-6-5-9-14(15)19-18(23)20-17-13-8-4-3-7-12(13)11-16(17)22/h3-10,16-17,22H,11H2,1-2H3,(H2,19,20,23)/t16-,17+/m0/s1. The number of fused-ring (bicyclic) bond motifs is 1. The van der Waals surface area contributed by atoms with Crippen molar-refractivity contribution in [3.05, 3.63) is 59.7 Å². The topological polar surface area (TPSA) is 64.6 Å². The zero-order chi connectivity index (χ0) is 16.4. The van der Waals surface area contributed by atoms with Crippen LogP contribution in [-0.4, -0.2) is 31.3 Å². The Kier molecular flexibility index (Phi) is 4.21. The summed E-state index contributed by atoms with van der Waals surface area (Å²) in [5.41, 5.74) is 3.72. The minimum absolute atomic E-state index is 0.319. The molecule has 2 amide bonds. The summed E-state index contributed by atoms with van der Waals surface area (Å²) in [6, 6.07) is 14.7. The lowest BCUT2D eigenvalue weighted by atomic mass is 10.1.